The van der Waals surface area contributed by atoms with Crippen LogP contribution in [-0.2, 0) is 13.0 Å². The number of carboxylic acid groups (broad SMARTS) is 1. The second-order valence-corrected chi connectivity index (χ2v) is 8.51. The van der Waals surface area contributed by atoms with Crippen LogP contribution in [-0.4, -0.2) is 32.2 Å². The van der Waals surface area contributed by atoms with Crippen LogP contribution in [0.3, 0.4) is 0 Å². The summed E-state index contributed by atoms with van der Waals surface area (Å²) in [4.78, 5) is 21.2. The van der Waals surface area contributed by atoms with E-state index in [9.17, 15) is 14.3 Å². The molecule has 0 saturated heterocycles. The van der Waals surface area contributed by atoms with E-state index < -0.39 is 5.97 Å². The molecule has 4 rings (SSSR count). The molecule has 6 nitrogen and oxygen atoms in total. The molecule has 0 amide bonds. The molecule has 2 N–H and O–H groups in total. The zero-order valence-corrected chi connectivity index (χ0v) is 18.4. The zero-order chi connectivity index (χ0) is 22.1. The number of nitrogens with one attached hydrogen (secondary N) is 1. The summed E-state index contributed by atoms with van der Waals surface area (Å²) >= 11 is 1.22. The number of carboxylic acids is 1. The van der Waals surface area contributed by atoms with Crippen LogP contribution in [0.1, 0.15) is 33.4 Å². The average Bonchev–Trinajstić information content (AvgIpc) is 3.29. The number of halogens is 1. The number of aromatic nitrogens is 3. The molecule has 8 heteroatoms. The fourth-order valence-corrected chi connectivity index (χ4v) is 4.87. The van der Waals surface area contributed by atoms with Gasteiger partial charge in [-0.05, 0) is 55.7 Å². The first-order chi connectivity index (χ1) is 14.9. The Morgan fingerprint density at radius 3 is 2.71 bits per heavy atom. The maximum Gasteiger partial charge on any atom is 0.346 e. The molecule has 0 aliphatic carbocycles. The van der Waals surface area contributed by atoms with E-state index in [-0.39, 0.29) is 5.82 Å². The fraction of sp³-hybridized carbons (Fsp3) is 0.261. The molecule has 31 heavy (non-hydrogen) atoms. The summed E-state index contributed by atoms with van der Waals surface area (Å²) in [5, 5.41) is 13.6. The van der Waals surface area contributed by atoms with Gasteiger partial charge >= 0.3 is 5.97 Å². The Hall–Kier alpha value is -3.26. The van der Waals surface area contributed by atoms with Crippen molar-refractivity contribution in [3.05, 3.63) is 64.2 Å². The van der Waals surface area contributed by atoms with Gasteiger partial charge in [0.25, 0.3) is 0 Å². The second-order valence-electron chi connectivity index (χ2n) is 7.46. The molecule has 0 saturated carbocycles. The quantitative estimate of drug-likeness (QED) is 0.410. The number of hydrogen-bond donors (Lipinski definition) is 2. The van der Waals surface area contributed by atoms with Crippen LogP contribution in [0.5, 0.6) is 0 Å². The van der Waals surface area contributed by atoms with Gasteiger partial charge in [0, 0.05) is 30.2 Å². The number of benzene rings is 1. The lowest BCUT2D eigenvalue weighted by atomic mass is 10.2. The highest BCUT2D eigenvalue weighted by Gasteiger charge is 2.16. The molecule has 0 spiro atoms. The molecule has 0 fully saturated rings. The van der Waals surface area contributed by atoms with E-state index in [2.05, 4.69) is 15.3 Å². The first kappa shape index (κ1) is 21.0. The number of fused-ring (bicyclic) bond motifs is 1. The van der Waals surface area contributed by atoms with Crippen molar-refractivity contribution >= 4 is 34.0 Å². The molecule has 4 aromatic rings. The van der Waals surface area contributed by atoms with Gasteiger partial charge in [-0.2, -0.15) is 0 Å². The maximum atomic E-state index is 14.5. The van der Waals surface area contributed by atoms with Crippen LogP contribution in [0.25, 0.3) is 21.5 Å². The first-order valence-corrected chi connectivity index (χ1v) is 10.9. The molecular weight excluding hydrogens is 415 g/mol. The minimum absolute atomic E-state index is 0.217. The van der Waals surface area contributed by atoms with Gasteiger partial charge in [0.1, 0.15) is 22.8 Å². The van der Waals surface area contributed by atoms with E-state index in [1.807, 2.05) is 49.6 Å². The molecule has 160 valence electrons. The number of thiophene rings is 1. The first-order valence-electron chi connectivity index (χ1n) is 10.1. The van der Waals surface area contributed by atoms with Crippen molar-refractivity contribution in [2.75, 3.05) is 11.9 Å². The monoisotopic (exact) mass is 438 g/mol. The summed E-state index contributed by atoms with van der Waals surface area (Å²) in [6.07, 6.45) is 2.11. The van der Waals surface area contributed by atoms with E-state index in [0.717, 1.165) is 27.1 Å². The predicted octanol–water partition coefficient (Wildman–Crippen LogP) is 5.29. The van der Waals surface area contributed by atoms with Crippen LogP contribution in [0.15, 0.2) is 36.7 Å². The Morgan fingerprint density at radius 1 is 1.19 bits per heavy atom. The fourth-order valence-electron chi connectivity index (χ4n) is 3.81. The van der Waals surface area contributed by atoms with Crippen molar-refractivity contribution in [2.24, 2.45) is 0 Å². The Bertz CT molecular complexity index is 1280. The van der Waals surface area contributed by atoms with Crippen molar-refractivity contribution in [1.29, 1.82) is 0 Å². The summed E-state index contributed by atoms with van der Waals surface area (Å²) in [7, 11) is 0. The van der Waals surface area contributed by atoms with E-state index in [1.165, 1.54) is 17.7 Å². The van der Waals surface area contributed by atoms with Crippen molar-refractivity contribution in [3.8, 4) is 10.6 Å². The maximum absolute atomic E-state index is 14.5. The summed E-state index contributed by atoms with van der Waals surface area (Å²) in [5.74, 6) is -0.498. The van der Waals surface area contributed by atoms with E-state index in [0.29, 0.717) is 41.4 Å². The topological polar surface area (TPSA) is 80.0 Å². The summed E-state index contributed by atoms with van der Waals surface area (Å²) in [6, 6.07) is 9.22. The van der Waals surface area contributed by atoms with Crippen LogP contribution in [0.4, 0.5) is 10.2 Å². The lowest BCUT2D eigenvalue weighted by Gasteiger charge is -2.11. The average molecular weight is 439 g/mol. The molecule has 0 bridgehead atoms. The van der Waals surface area contributed by atoms with Gasteiger partial charge in [-0.15, -0.1) is 11.3 Å². The molecule has 0 atom stereocenters. The summed E-state index contributed by atoms with van der Waals surface area (Å²) in [6.45, 7) is 6.93. The predicted molar refractivity (Wildman–Crippen MR) is 122 cm³/mol. The van der Waals surface area contributed by atoms with E-state index in [4.69, 9.17) is 0 Å². The zero-order valence-electron chi connectivity index (χ0n) is 17.6. The standard InChI is InChI=1S/C23H23FN4O2S/c1-4-15-10-19(31-22(15)23(29)30)18-11-20(27-12-26-18)25-5-6-28-14(3)9-16-7-13(2)8-17(24)21(16)28/h7-12H,4-6H2,1-3H3,(H,29,30)(H,25,26,27). The van der Waals surface area contributed by atoms with Gasteiger partial charge in [-0.3, -0.25) is 0 Å². The number of rotatable bonds is 7. The van der Waals surface area contributed by atoms with Gasteiger partial charge in [-0.25, -0.2) is 19.2 Å². The number of aryl methyl sites for hydroxylation is 3. The number of anilines is 1. The lowest BCUT2D eigenvalue weighted by Crippen LogP contribution is -2.12. The molecule has 0 aliphatic heterocycles. The van der Waals surface area contributed by atoms with Crippen LogP contribution >= 0.6 is 11.3 Å². The molecule has 3 aromatic heterocycles. The van der Waals surface area contributed by atoms with Crippen LogP contribution < -0.4 is 5.32 Å². The van der Waals surface area contributed by atoms with Crippen LogP contribution in [0.2, 0.25) is 0 Å². The second kappa shape index (κ2) is 8.47. The Kier molecular flexibility index (Phi) is 5.73. The number of aromatic carboxylic acids is 1. The minimum atomic E-state index is -0.919. The highest BCUT2D eigenvalue weighted by Crippen LogP contribution is 2.31. The number of carbonyl (C=O) groups is 1. The van der Waals surface area contributed by atoms with Crippen molar-refractivity contribution in [2.45, 2.75) is 33.7 Å². The van der Waals surface area contributed by atoms with Crippen molar-refractivity contribution in [1.82, 2.24) is 14.5 Å². The largest absolute Gasteiger partial charge is 0.477 e. The number of nitrogens with zero attached hydrogens (tertiary/aromatic N) is 3. The third kappa shape index (κ3) is 4.16. The highest BCUT2D eigenvalue weighted by atomic mass is 32.1. The Balaban J connectivity index is 1.52. The van der Waals surface area contributed by atoms with Gasteiger partial charge < -0.3 is 15.0 Å². The van der Waals surface area contributed by atoms with Gasteiger partial charge in [0.2, 0.25) is 0 Å². The smallest absolute Gasteiger partial charge is 0.346 e. The third-order valence-electron chi connectivity index (χ3n) is 5.24. The van der Waals surface area contributed by atoms with E-state index in [1.54, 1.807) is 6.07 Å². The van der Waals surface area contributed by atoms with Gasteiger partial charge in [0.05, 0.1) is 16.1 Å². The molecule has 0 radical (unpaired) electrons. The highest BCUT2D eigenvalue weighted by molar-refractivity contribution is 7.17. The van der Waals surface area contributed by atoms with Crippen molar-refractivity contribution in [3.63, 3.8) is 0 Å². The molecule has 3 heterocycles. The van der Waals surface area contributed by atoms with Gasteiger partial charge in [0.15, 0.2) is 0 Å². The van der Waals surface area contributed by atoms with E-state index >= 15 is 0 Å². The summed E-state index contributed by atoms with van der Waals surface area (Å²) in [5.41, 5.74) is 3.98. The van der Waals surface area contributed by atoms with Crippen molar-refractivity contribution < 1.29 is 14.3 Å². The van der Waals surface area contributed by atoms with Gasteiger partial charge in [-0.1, -0.05) is 6.92 Å². The molecule has 0 aliphatic rings. The Labute approximate surface area is 183 Å². The normalized spacial score (nSPS) is 11.2. The molecular formula is C23H23FN4O2S. The Morgan fingerprint density at radius 2 is 2.00 bits per heavy atom. The minimum Gasteiger partial charge on any atom is -0.477 e. The molecule has 0 unspecified atom stereocenters. The molecule has 1 aromatic carbocycles. The SMILES string of the molecule is CCc1cc(-c2cc(NCCn3c(C)cc4cc(C)cc(F)c43)ncn2)sc1C(=O)O. The van der Waals surface area contributed by atoms with Crippen LogP contribution in [0, 0.1) is 19.7 Å². The lowest BCUT2D eigenvalue weighted by molar-refractivity contribution is 0.0701. The third-order valence-corrected chi connectivity index (χ3v) is 6.43. The summed E-state index contributed by atoms with van der Waals surface area (Å²) < 4.78 is 16.5. The number of hydrogen-bond acceptors (Lipinski definition) is 5.